The van der Waals surface area contributed by atoms with Gasteiger partial charge in [-0.2, -0.15) is 0 Å². The summed E-state index contributed by atoms with van der Waals surface area (Å²) < 4.78 is 5.46. The van der Waals surface area contributed by atoms with Crippen LogP contribution in [0, 0.1) is 11.8 Å². The molecule has 1 atom stereocenters. The van der Waals surface area contributed by atoms with Crippen molar-refractivity contribution in [3.05, 3.63) is 12.2 Å². The Morgan fingerprint density at radius 1 is 1.64 bits per heavy atom. The fourth-order valence-electron chi connectivity index (χ4n) is 1.14. The van der Waals surface area contributed by atoms with Gasteiger partial charge in [-0.3, -0.25) is 0 Å². The first-order chi connectivity index (χ1) is 5.43. The molecule has 0 heterocycles. The fraction of sp³-hybridized carbons (Fsp3) is 0.600. The number of allylic oxidation sites excluding steroid dienone is 1. The van der Waals surface area contributed by atoms with E-state index < -0.39 is 0 Å². The average molecular weight is 150 g/mol. The molecular weight excluding hydrogens is 136 g/mol. The molecule has 1 unspecified atom stereocenters. The van der Waals surface area contributed by atoms with Crippen molar-refractivity contribution in [2.24, 2.45) is 0 Å². The molecule has 0 radical (unpaired) electrons. The van der Waals surface area contributed by atoms with Crippen molar-refractivity contribution in [3.8, 4) is 11.8 Å². The molecule has 1 aliphatic carbocycles. The summed E-state index contributed by atoms with van der Waals surface area (Å²) >= 11 is 0. The maximum Gasteiger partial charge on any atom is 0.108 e. The minimum atomic E-state index is 0.324. The largest absolute Gasteiger partial charge is 0.361 e. The molecule has 1 nitrogen and oxygen atoms in total. The fourth-order valence-corrected chi connectivity index (χ4v) is 1.14. The van der Waals surface area contributed by atoms with Crippen LogP contribution >= 0.6 is 0 Å². The van der Waals surface area contributed by atoms with Crippen LogP contribution in [0.2, 0.25) is 0 Å². The quantitative estimate of drug-likeness (QED) is 0.433. The van der Waals surface area contributed by atoms with E-state index in [4.69, 9.17) is 4.74 Å². The Kier molecular flexibility index (Phi) is 3.79. The highest BCUT2D eigenvalue weighted by atomic mass is 16.5. The molecule has 11 heavy (non-hydrogen) atoms. The monoisotopic (exact) mass is 150 g/mol. The Hall–Kier alpha value is -0.740. The van der Waals surface area contributed by atoms with Crippen LogP contribution in [0.25, 0.3) is 0 Å². The van der Waals surface area contributed by atoms with Crippen molar-refractivity contribution < 1.29 is 4.74 Å². The molecule has 1 heteroatoms. The van der Waals surface area contributed by atoms with Gasteiger partial charge in [0.1, 0.15) is 6.61 Å². The van der Waals surface area contributed by atoms with Crippen LogP contribution in [0.5, 0.6) is 0 Å². The predicted octanol–water partition coefficient (Wildman–Crippen LogP) is 2.13. The first-order valence-corrected chi connectivity index (χ1v) is 4.11. The molecule has 0 spiro atoms. The molecule has 0 aromatic carbocycles. The lowest BCUT2D eigenvalue weighted by Gasteiger charge is -2.14. The molecule has 0 N–H and O–H groups in total. The lowest BCUT2D eigenvalue weighted by atomic mass is 10.1. The van der Waals surface area contributed by atoms with Crippen LogP contribution in [0.4, 0.5) is 0 Å². The molecule has 0 bridgehead atoms. The molecule has 0 aromatic heterocycles. The molecular formula is C10H14O. The number of hydrogen-bond acceptors (Lipinski definition) is 1. The van der Waals surface area contributed by atoms with Crippen LogP contribution in [0.15, 0.2) is 12.2 Å². The van der Waals surface area contributed by atoms with Crippen molar-refractivity contribution in [2.75, 3.05) is 6.61 Å². The van der Waals surface area contributed by atoms with Gasteiger partial charge in [-0.15, -0.1) is 5.92 Å². The minimum absolute atomic E-state index is 0.324. The van der Waals surface area contributed by atoms with Gasteiger partial charge in [-0.25, -0.2) is 0 Å². The number of ether oxygens (including phenoxy) is 1. The molecule has 1 aliphatic rings. The molecule has 0 amide bonds. The van der Waals surface area contributed by atoms with Gasteiger partial charge in [-0.1, -0.05) is 18.1 Å². The third-order valence-corrected chi connectivity index (χ3v) is 1.76. The van der Waals surface area contributed by atoms with E-state index in [9.17, 15) is 0 Å². The Bertz CT molecular complexity index is 183. The highest BCUT2D eigenvalue weighted by molar-refractivity contribution is 4.98. The van der Waals surface area contributed by atoms with Gasteiger partial charge < -0.3 is 4.74 Å². The van der Waals surface area contributed by atoms with Crippen LogP contribution in [-0.2, 0) is 4.74 Å². The molecule has 1 rings (SSSR count). The van der Waals surface area contributed by atoms with Gasteiger partial charge in [0, 0.05) is 0 Å². The van der Waals surface area contributed by atoms with Crippen molar-refractivity contribution >= 4 is 0 Å². The molecule has 0 saturated carbocycles. The van der Waals surface area contributed by atoms with Crippen LogP contribution < -0.4 is 0 Å². The topological polar surface area (TPSA) is 9.23 Å². The standard InChI is InChI=1S/C10H14O/c1-2-3-9-11-10-7-5-4-6-8-10/h5,7,10H,4,6,8-9H2,1H3. The van der Waals surface area contributed by atoms with Crippen LogP contribution in [0.3, 0.4) is 0 Å². The Labute approximate surface area is 68.4 Å². The molecule has 60 valence electrons. The highest BCUT2D eigenvalue weighted by Crippen LogP contribution is 2.12. The smallest absolute Gasteiger partial charge is 0.108 e. The van der Waals surface area contributed by atoms with Gasteiger partial charge in [0.25, 0.3) is 0 Å². The zero-order chi connectivity index (χ0) is 7.94. The summed E-state index contributed by atoms with van der Waals surface area (Å²) in [6.45, 7) is 2.41. The van der Waals surface area contributed by atoms with E-state index >= 15 is 0 Å². The summed E-state index contributed by atoms with van der Waals surface area (Å²) in [4.78, 5) is 0. The Balaban J connectivity index is 2.18. The first-order valence-electron chi connectivity index (χ1n) is 4.11. The van der Waals surface area contributed by atoms with Crippen molar-refractivity contribution in [1.82, 2.24) is 0 Å². The van der Waals surface area contributed by atoms with Crippen molar-refractivity contribution in [2.45, 2.75) is 32.3 Å². The zero-order valence-electron chi connectivity index (χ0n) is 6.97. The van der Waals surface area contributed by atoms with E-state index in [-0.39, 0.29) is 0 Å². The predicted molar refractivity (Wildman–Crippen MR) is 46.2 cm³/mol. The van der Waals surface area contributed by atoms with Gasteiger partial charge in [-0.05, 0) is 26.2 Å². The summed E-state index contributed by atoms with van der Waals surface area (Å²) in [5.41, 5.74) is 0. The maximum atomic E-state index is 5.46. The summed E-state index contributed by atoms with van der Waals surface area (Å²) in [7, 11) is 0. The van der Waals surface area contributed by atoms with Gasteiger partial charge in [0.05, 0.1) is 6.10 Å². The third kappa shape index (κ3) is 3.25. The van der Waals surface area contributed by atoms with Gasteiger partial charge >= 0.3 is 0 Å². The second kappa shape index (κ2) is 4.98. The molecule has 0 fully saturated rings. The van der Waals surface area contributed by atoms with E-state index in [1.54, 1.807) is 0 Å². The normalized spacial score (nSPS) is 22.5. The SMILES string of the molecule is CC#CCOC1C=CCCC1. The lowest BCUT2D eigenvalue weighted by Crippen LogP contribution is -2.12. The van der Waals surface area contributed by atoms with E-state index in [2.05, 4.69) is 24.0 Å². The number of rotatable bonds is 2. The summed E-state index contributed by atoms with van der Waals surface area (Å²) in [6, 6.07) is 0. The van der Waals surface area contributed by atoms with E-state index in [1.165, 1.54) is 12.8 Å². The molecule has 0 aromatic rings. The van der Waals surface area contributed by atoms with Crippen molar-refractivity contribution in [3.63, 3.8) is 0 Å². The van der Waals surface area contributed by atoms with Crippen LogP contribution in [-0.4, -0.2) is 12.7 Å². The Morgan fingerprint density at radius 2 is 2.55 bits per heavy atom. The maximum absolute atomic E-state index is 5.46. The Morgan fingerprint density at radius 3 is 3.18 bits per heavy atom. The first kappa shape index (κ1) is 8.36. The van der Waals surface area contributed by atoms with Crippen LogP contribution in [0.1, 0.15) is 26.2 Å². The second-order valence-electron chi connectivity index (χ2n) is 2.64. The van der Waals surface area contributed by atoms with E-state index in [1.807, 2.05) is 6.92 Å². The van der Waals surface area contributed by atoms with E-state index in [0.717, 1.165) is 6.42 Å². The molecule has 0 saturated heterocycles. The van der Waals surface area contributed by atoms with Crippen molar-refractivity contribution in [1.29, 1.82) is 0 Å². The summed E-state index contributed by atoms with van der Waals surface area (Å²) in [5.74, 6) is 5.70. The van der Waals surface area contributed by atoms with Gasteiger partial charge in [0.2, 0.25) is 0 Å². The highest BCUT2D eigenvalue weighted by Gasteiger charge is 2.06. The molecule has 0 aliphatic heterocycles. The average Bonchev–Trinajstić information content (AvgIpc) is 2.07. The second-order valence-corrected chi connectivity index (χ2v) is 2.64. The van der Waals surface area contributed by atoms with Gasteiger partial charge in [0.15, 0.2) is 0 Å². The minimum Gasteiger partial charge on any atom is -0.361 e. The lowest BCUT2D eigenvalue weighted by molar-refractivity contribution is 0.102. The summed E-state index contributed by atoms with van der Waals surface area (Å²) in [6.07, 6.45) is 8.26. The number of hydrogen-bond donors (Lipinski definition) is 0. The summed E-state index contributed by atoms with van der Waals surface area (Å²) in [5, 5.41) is 0. The third-order valence-electron chi connectivity index (χ3n) is 1.76. The van der Waals surface area contributed by atoms with E-state index in [0.29, 0.717) is 12.7 Å². The zero-order valence-corrected chi connectivity index (χ0v) is 6.97.